The number of aromatic hydroxyl groups is 2. The van der Waals surface area contributed by atoms with E-state index >= 15 is 0 Å². The van der Waals surface area contributed by atoms with Gasteiger partial charge in [-0.15, -0.1) is 0 Å². The SMILES string of the molecule is CCC.CCC.Oc1ccc(/C=N/NP)cc1.Oc1ccc(CCNP)cc1. The van der Waals surface area contributed by atoms with Gasteiger partial charge < -0.3 is 15.3 Å². The summed E-state index contributed by atoms with van der Waals surface area (Å²) in [5.41, 5.74) is 2.18. The summed E-state index contributed by atoms with van der Waals surface area (Å²) >= 11 is 0. The molecule has 0 aliphatic carbocycles. The molecule has 2 aromatic rings. The second-order valence-electron chi connectivity index (χ2n) is 5.76. The monoisotopic (exact) mass is 425 g/mol. The number of nitrogens with one attached hydrogen (secondary N) is 2. The van der Waals surface area contributed by atoms with Crippen molar-refractivity contribution in [3.05, 3.63) is 59.7 Å². The van der Waals surface area contributed by atoms with Crippen LogP contribution >= 0.6 is 18.8 Å². The highest BCUT2D eigenvalue weighted by atomic mass is 31.0. The number of rotatable bonds is 5. The lowest BCUT2D eigenvalue weighted by Gasteiger charge is -1.99. The molecule has 0 saturated carbocycles. The summed E-state index contributed by atoms with van der Waals surface area (Å²) in [4.78, 5) is 0. The predicted octanol–water partition coefficient (Wildman–Crippen LogP) is 5.25. The van der Waals surface area contributed by atoms with Crippen LogP contribution in [0.2, 0.25) is 0 Å². The largest absolute Gasteiger partial charge is 0.508 e. The van der Waals surface area contributed by atoms with E-state index in [1.54, 1.807) is 42.6 Å². The Labute approximate surface area is 175 Å². The highest BCUT2D eigenvalue weighted by Crippen LogP contribution is 2.09. The fourth-order valence-electron chi connectivity index (χ4n) is 1.55. The van der Waals surface area contributed by atoms with Crippen LogP contribution in [-0.2, 0) is 6.42 Å². The van der Waals surface area contributed by atoms with E-state index in [0.717, 1.165) is 18.5 Å². The van der Waals surface area contributed by atoms with Gasteiger partial charge in [-0.05, 0) is 63.3 Å². The first-order chi connectivity index (χ1) is 13.5. The van der Waals surface area contributed by atoms with E-state index in [9.17, 15) is 0 Å². The van der Waals surface area contributed by atoms with Gasteiger partial charge in [-0.3, -0.25) is 5.20 Å². The van der Waals surface area contributed by atoms with Crippen molar-refractivity contribution >= 4 is 25.0 Å². The summed E-state index contributed by atoms with van der Waals surface area (Å²) in [5.74, 6) is 0.591. The molecule has 0 aliphatic heterocycles. The summed E-state index contributed by atoms with van der Waals surface area (Å²) in [5, 5.41) is 27.2. The zero-order chi connectivity index (χ0) is 21.6. The van der Waals surface area contributed by atoms with Gasteiger partial charge in [0.2, 0.25) is 0 Å². The summed E-state index contributed by atoms with van der Waals surface area (Å²) in [6.45, 7) is 9.44. The minimum atomic E-state index is 0.265. The van der Waals surface area contributed by atoms with E-state index in [1.807, 2.05) is 12.1 Å². The zero-order valence-electron chi connectivity index (χ0n) is 17.5. The molecule has 28 heavy (non-hydrogen) atoms. The van der Waals surface area contributed by atoms with Crippen LogP contribution in [0.4, 0.5) is 0 Å². The molecule has 0 radical (unpaired) electrons. The Morgan fingerprint density at radius 3 is 1.64 bits per heavy atom. The van der Waals surface area contributed by atoms with Gasteiger partial charge in [-0.1, -0.05) is 62.1 Å². The van der Waals surface area contributed by atoms with Crippen LogP contribution in [0.1, 0.15) is 51.7 Å². The molecule has 7 heteroatoms. The molecule has 2 unspecified atom stereocenters. The molecule has 2 rings (SSSR count). The molecule has 0 spiro atoms. The molecule has 2 atom stereocenters. The van der Waals surface area contributed by atoms with Crippen LogP contribution in [0, 0.1) is 0 Å². The maximum Gasteiger partial charge on any atom is 0.115 e. The van der Waals surface area contributed by atoms with Gasteiger partial charge in [0, 0.05) is 6.54 Å². The molecule has 0 aliphatic rings. The molecule has 0 amide bonds. The summed E-state index contributed by atoms with van der Waals surface area (Å²) in [6, 6.07) is 14.1. The molecule has 0 fully saturated rings. The van der Waals surface area contributed by atoms with Gasteiger partial charge in [0.1, 0.15) is 11.5 Å². The van der Waals surface area contributed by atoms with Crippen molar-refractivity contribution in [2.45, 2.75) is 47.0 Å². The number of hydrazone groups is 1. The third-order valence-corrected chi connectivity index (χ3v) is 3.11. The van der Waals surface area contributed by atoms with Crippen molar-refractivity contribution in [2.24, 2.45) is 5.10 Å². The van der Waals surface area contributed by atoms with Crippen LogP contribution in [0.15, 0.2) is 53.6 Å². The molecule has 0 aromatic heterocycles. The van der Waals surface area contributed by atoms with Gasteiger partial charge in [0.25, 0.3) is 0 Å². The fraction of sp³-hybridized carbons (Fsp3) is 0.381. The van der Waals surface area contributed by atoms with E-state index in [4.69, 9.17) is 10.2 Å². The fourth-order valence-corrected chi connectivity index (χ4v) is 1.77. The number of hydrogen-bond acceptors (Lipinski definition) is 5. The smallest absolute Gasteiger partial charge is 0.115 e. The second-order valence-corrected chi connectivity index (χ2v) is 6.43. The van der Waals surface area contributed by atoms with Crippen molar-refractivity contribution in [3.63, 3.8) is 0 Å². The van der Waals surface area contributed by atoms with E-state index in [1.165, 1.54) is 18.4 Å². The Morgan fingerprint density at radius 2 is 1.25 bits per heavy atom. The van der Waals surface area contributed by atoms with Crippen molar-refractivity contribution in [2.75, 3.05) is 6.54 Å². The molecule has 4 N–H and O–H groups in total. The molecule has 0 bridgehead atoms. The van der Waals surface area contributed by atoms with Crippen LogP contribution in [0.5, 0.6) is 11.5 Å². The Bertz CT molecular complexity index is 590. The van der Waals surface area contributed by atoms with Gasteiger partial charge >= 0.3 is 0 Å². The summed E-state index contributed by atoms with van der Waals surface area (Å²) in [6.07, 6.45) is 5.15. The maximum absolute atomic E-state index is 8.96. The quantitative estimate of drug-likeness (QED) is 0.300. The molecule has 5 nitrogen and oxygen atoms in total. The predicted molar refractivity (Wildman–Crippen MR) is 130 cm³/mol. The highest BCUT2D eigenvalue weighted by Gasteiger charge is 1.91. The first-order valence-corrected chi connectivity index (χ1v) is 10.6. The molecular formula is C21H37N3O2P2. The molecule has 0 saturated heterocycles. The van der Waals surface area contributed by atoms with Crippen LogP contribution < -0.4 is 10.3 Å². The van der Waals surface area contributed by atoms with Crippen molar-refractivity contribution in [3.8, 4) is 11.5 Å². The molecular weight excluding hydrogens is 388 g/mol. The minimum Gasteiger partial charge on any atom is -0.508 e. The van der Waals surface area contributed by atoms with Crippen LogP contribution in [0.3, 0.4) is 0 Å². The van der Waals surface area contributed by atoms with Crippen molar-refractivity contribution in [1.29, 1.82) is 0 Å². The first kappa shape index (κ1) is 28.5. The standard InChI is InChI=1S/C8H12NOP.C7H9N2OP.2C3H8/c10-8-3-1-7(2-4-8)5-6-9-11;10-7-3-1-6(2-4-7)5-8-9-11;2*1-3-2/h1-4,9-10H,5-6,11H2;1-5,9-10H,11H2;2*3H2,1-2H3/b;8-5+;;. The second kappa shape index (κ2) is 21.6. The molecule has 158 valence electrons. The van der Waals surface area contributed by atoms with Gasteiger partial charge in [-0.2, -0.15) is 5.10 Å². The number of phenols is 2. The summed E-state index contributed by atoms with van der Waals surface area (Å²) in [7, 11) is 4.72. The topological polar surface area (TPSA) is 76.9 Å². The van der Waals surface area contributed by atoms with Crippen LogP contribution in [-0.4, -0.2) is 23.0 Å². The normalized spacial score (nSPS) is 9.21. The maximum atomic E-state index is 8.96. The average Bonchev–Trinajstić information content (AvgIpc) is 2.69. The third-order valence-electron chi connectivity index (χ3n) is 2.68. The lowest BCUT2D eigenvalue weighted by atomic mass is 10.1. The van der Waals surface area contributed by atoms with Gasteiger partial charge in [0.05, 0.1) is 6.21 Å². The highest BCUT2D eigenvalue weighted by molar-refractivity contribution is 7.13. The Hall–Kier alpha value is -1.67. The average molecular weight is 425 g/mol. The van der Waals surface area contributed by atoms with E-state index in [2.05, 4.69) is 61.9 Å². The zero-order valence-corrected chi connectivity index (χ0v) is 19.8. The lowest BCUT2D eigenvalue weighted by molar-refractivity contribution is 0.474. The Balaban J connectivity index is 0. The third kappa shape index (κ3) is 19.1. The van der Waals surface area contributed by atoms with Gasteiger partial charge in [0.15, 0.2) is 0 Å². The number of hydrogen-bond donors (Lipinski definition) is 4. The minimum absolute atomic E-state index is 0.265. The van der Waals surface area contributed by atoms with Crippen LogP contribution in [0.25, 0.3) is 0 Å². The number of nitrogens with zero attached hydrogens (tertiary/aromatic N) is 1. The molecule has 0 heterocycles. The van der Waals surface area contributed by atoms with Gasteiger partial charge in [-0.25, -0.2) is 0 Å². The molecule has 2 aromatic carbocycles. The number of phenolic OH excluding ortho intramolecular Hbond substituents is 2. The number of benzene rings is 2. The van der Waals surface area contributed by atoms with E-state index in [0.29, 0.717) is 5.75 Å². The van der Waals surface area contributed by atoms with E-state index in [-0.39, 0.29) is 5.75 Å². The summed E-state index contributed by atoms with van der Waals surface area (Å²) < 4.78 is 0. The van der Waals surface area contributed by atoms with Crippen molar-refractivity contribution < 1.29 is 10.2 Å². The Morgan fingerprint density at radius 1 is 0.821 bits per heavy atom. The first-order valence-electron chi connectivity index (χ1n) is 9.47. The van der Waals surface area contributed by atoms with Crippen molar-refractivity contribution in [1.82, 2.24) is 10.3 Å². The Kier molecular flexibility index (Phi) is 22.0. The lowest BCUT2D eigenvalue weighted by Crippen LogP contribution is -2.03. The van der Waals surface area contributed by atoms with E-state index < -0.39 is 0 Å².